The molecule has 0 aromatic heterocycles. The summed E-state index contributed by atoms with van der Waals surface area (Å²) in [5, 5.41) is 2.53. The molecule has 0 aliphatic carbocycles. The van der Waals surface area contributed by atoms with Gasteiger partial charge >= 0.3 is 6.18 Å². The van der Waals surface area contributed by atoms with Gasteiger partial charge in [0.2, 0.25) is 10.0 Å². The lowest BCUT2D eigenvalue weighted by molar-refractivity contribution is -0.137. The first-order chi connectivity index (χ1) is 12.9. The summed E-state index contributed by atoms with van der Waals surface area (Å²) in [6.07, 6.45) is -4.14. The quantitative estimate of drug-likeness (QED) is 0.734. The molecule has 0 fully saturated rings. The van der Waals surface area contributed by atoms with E-state index in [1.54, 1.807) is 0 Å². The number of halogens is 4. The van der Waals surface area contributed by atoms with Crippen LogP contribution in [0.5, 0.6) is 0 Å². The minimum atomic E-state index is -4.42. The maximum absolute atomic E-state index is 13.9. The van der Waals surface area contributed by atoms with Gasteiger partial charge in [0.1, 0.15) is 10.7 Å². The van der Waals surface area contributed by atoms with Crippen LogP contribution in [0.15, 0.2) is 47.4 Å². The van der Waals surface area contributed by atoms with E-state index in [1.807, 2.05) is 0 Å². The summed E-state index contributed by atoms with van der Waals surface area (Å²) >= 11 is 0. The third-order valence-corrected chi connectivity index (χ3v) is 5.76. The van der Waals surface area contributed by atoms with E-state index < -0.39 is 38.4 Å². The lowest BCUT2D eigenvalue weighted by Gasteiger charge is -2.13. The number of benzene rings is 2. The Balaban J connectivity index is 2.04. The fourth-order valence-corrected chi connectivity index (χ4v) is 3.31. The van der Waals surface area contributed by atoms with E-state index in [0.717, 1.165) is 34.6 Å². The first-order valence-electron chi connectivity index (χ1n) is 8.09. The van der Waals surface area contributed by atoms with E-state index >= 15 is 0 Å². The molecule has 0 aliphatic rings. The van der Waals surface area contributed by atoms with Crippen molar-refractivity contribution in [1.29, 1.82) is 0 Å². The van der Waals surface area contributed by atoms with Gasteiger partial charge in [-0.3, -0.25) is 4.79 Å². The third kappa shape index (κ3) is 5.08. The Morgan fingerprint density at radius 1 is 1.07 bits per heavy atom. The van der Waals surface area contributed by atoms with E-state index in [1.165, 1.54) is 26.2 Å². The number of rotatable bonds is 6. The molecule has 10 heteroatoms. The molecule has 1 amide bonds. The molecule has 0 atom stereocenters. The number of hydrogen-bond acceptors (Lipinski definition) is 3. The zero-order valence-corrected chi connectivity index (χ0v) is 15.9. The molecule has 0 bridgehead atoms. The van der Waals surface area contributed by atoms with Gasteiger partial charge in [0, 0.05) is 26.2 Å². The Hall–Kier alpha value is -2.46. The summed E-state index contributed by atoms with van der Waals surface area (Å²) in [4.78, 5) is 11.6. The van der Waals surface area contributed by atoms with Crippen molar-refractivity contribution in [1.82, 2.24) is 9.62 Å². The first kappa shape index (κ1) is 21.8. The van der Waals surface area contributed by atoms with Crippen molar-refractivity contribution >= 4 is 15.9 Å². The van der Waals surface area contributed by atoms with Crippen molar-refractivity contribution in [2.75, 3.05) is 20.6 Å². The standard InChI is InChI=1S/C18H18F4N2O3S/c1-24(2)28(26,27)16-11-13(5-8-15(16)19)17(25)23-10-9-12-3-6-14(7-4-12)18(20,21)22/h3-8,11H,9-10H2,1-2H3,(H,23,25). The average Bonchev–Trinajstić information content (AvgIpc) is 2.61. The zero-order valence-electron chi connectivity index (χ0n) is 15.0. The molecule has 5 nitrogen and oxygen atoms in total. The van der Waals surface area contributed by atoms with E-state index in [2.05, 4.69) is 5.32 Å². The molecule has 0 saturated carbocycles. The van der Waals surface area contributed by atoms with Gasteiger partial charge in [-0.25, -0.2) is 17.1 Å². The molecule has 0 spiro atoms. The predicted molar refractivity (Wildman–Crippen MR) is 94.8 cm³/mol. The molecule has 2 aromatic carbocycles. The van der Waals surface area contributed by atoms with Crippen LogP contribution in [-0.4, -0.2) is 39.3 Å². The summed E-state index contributed by atoms with van der Waals surface area (Å²) in [6, 6.07) is 7.52. The summed E-state index contributed by atoms with van der Waals surface area (Å²) < 4.78 is 76.5. The highest BCUT2D eigenvalue weighted by atomic mass is 32.2. The summed E-state index contributed by atoms with van der Waals surface area (Å²) in [7, 11) is -1.57. The average molecular weight is 418 g/mol. The molecule has 1 N–H and O–H groups in total. The van der Waals surface area contributed by atoms with Crippen LogP contribution in [0.3, 0.4) is 0 Å². The molecular formula is C18H18F4N2O3S. The van der Waals surface area contributed by atoms with Gasteiger partial charge in [0.15, 0.2) is 0 Å². The molecule has 0 saturated heterocycles. The van der Waals surface area contributed by atoms with Crippen LogP contribution in [-0.2, 0) is 22.6 Å². The van der Waals surface area contributed by atoms with Gasteiger partial charge in [-0.15, -0.1) is 0 Å². The molecule has 2 rings (SSSR count). The lowest BCUT2D eigenvalue weighted by Crippen LogP contribution is -2.27. The molecular weight excluding hydrogens is 400 g/mol. The van der Waals surface area contributed by atoms with Crippen LogP contribution in [0.25, 0.3) is 0 Å². The highest BCUT2D eigenvalue weighted by Gasteiger charge is 2.29. The molecule has 152 valence electrons. The minimum Gasteiger partial charge on any atom is -0.352 e. The second-order valence-electron chi connectivity index (χ2n) is 6.13. The van der Waals surface area contributed by atoms with Gasteiger partial charge in [0.05, 0.1) is 5.56 Å². The smallest absolute Gasteiger partial charge is 0.352 e. The number of alkyl halides is 3. The maximum atomic E-state index is 13.9. The van der Waals surface area contributed by atoms with Crippen molar-refractivity contribution in [3.8, 4) is 0 Å². The monoisotopic (exact) mass is 418 g/mol. The maximum Gasteiger partial charge on any atom is 0.416 e. The number of carbonyl (C=O) groups excluding carboxylic acids is 1. The minimum absolute atomic E-state index is 0.0470. The largest absolute Gasteiger partial charge is 0.416 e. The Kier molecular flexibility index (Phi) is 6.45. The van der Waals surface area contributed by atoms with Gasteiger partial charge in [-0.2, -0.15) is 13.2 Å². The summed E-state index contributed by atoms with van der Waals surface area (Å²) in [5.74, 6) is -1.60. The topological polar surface area (TPSA) is 66.5 Å². The second kappa shape index (κ2) is 8.27. The second-order valence-corrected chi connectivity index (χ2v) is 8.25. The highest BCUT2D eigenvalue weighted by molar-refractivity contribution is 7.89. The number of nitrogens with zero attached hydrogens (tertiary/aromatic N) is 1. The van der Waals surface area contributed by atoms with Gasteiger partial charge < -0.3 is 5.32 Å². The van der Waals surface area contributed by atoms with E-state index in [4.69, 9.17) is 0 Å². The number of sulfonamides is 1. The fraction of sp³-hybridized carbons (Fsp3) is 0.278. The van der Waals surface area contributed by atoms with E-state index in [-0.39, 0.29) is 18.5 Å². The predicted octanol–water partition coefficient (Wildman–Crippen LogP) is 3.07. The van der Waals surface area contributed by atoms with Crippen LogP contribution >= 0.6 is 0 Å². The molecule has 0 unspecified atom stereocenters. The Morgan fingerprint density at radius 2 is 1.68 bits per heavy atom. The Morgan fingerprint density at radius 3 is 2.21 bits per heavy atom. The van der Waals surface area contributed by atoms with Crippen molar-refractivity contribution in [3.05, 3.63) is 65.0 Å². The van der Waals surface area contributed by atoms with Gasteiger partial charge in [-0.1, -0.05) is 12.1 Å². The van der Waals surface area contributed by atoms with Gasteiger partial charge in [-0.05, 0) is 42.3 Å². The lowest BCUT2D eigenvalue weighted by atomic mass is 10.1. The normalized spacial score (nSPS) is 12.2. The number of carbonyl (C=O) groups is 1. The van der Waals surface area contributed by atoms with Crippen molar-refractivity contribution in [2.24, 2.45) is 0 Å². The molecule has 28 heavy (non-hydrogen) atoms. The molecule has 2 aromatic rings. The molecule has 0 heterocycles. The zero-order chi connectivity index (χ0) is 21.1. The van der Waals surface area contributed by atoms with Gasteiger partial charge in [0.25, 0.3) is 5.91 Å². The van der Waals surface area contributed by atoms with Crippen LogP contribution in [0.4, 0.5) is 17.6 Å². The summed E-state index contributed by atoms with van der Waals surface area (Å²) in [5.41, 5.74) is -0.223. The van der Waals surface area contributed by atoms with E-state index in [0.29, 0.717) is 5.56 Å². The summed E-state index contributed by atoms with van der Waals surface area (Å²) in [6.45, 7) is 0.108. The number of amides is 1. The van der Waals surface area contributed by atoms with Crippen molar-refractivity contribution < 1.29 is 30.8 Å². The van der Waals surface area contributed by atoms with Crippen LogP contribution in [0, 0.1) is 5.82 Å². The molecule has 0 radical (unpaired) electrons. The highest BCUT2D eigenvalue weighted by Crippen LogP contribution is 2.29. The SMILES string of the molecule is CN(C)S(=O)(=O)c1cc(C(=O)NCCc2ccc(C(F)(F)F)cc2)ccc1F. The fourth-order valence-electron chi connectivity index (χ4n) is 2.32. The molecule has 0 aliphatic heterocycles. The first-order valence-corrected chi connectivity index (χ1v) is 9.53. The van der Waals surface area contributed by atoms with Crippen molar-refractivity contribution in [2.45, 2.75) is 17.5 Å². The van der Waals surface area contributed by atoms with Crippen molar-refractivity contribution in [3.63, 3.8) is 0 Å². The third-order valence-electron chi connectivity index (χ3n) is 3.93. The number of hydrogen-bond donors (Lipinski definition) is 1. The van der Waals surface area contributed by atoms with Crippen LogP contribution in [0.1, 0.15) is 21.5 Å². The Labute approximate surface area is 160 Å². The number of nitrogens with one attached hydrogen (secondary N) is 1. The van der Waals surface area contributed by atoms with Crippen LogP contribution in [0.2, 0.25) is 0 Å². The van der Waals surface area contributed by atoms with Crippen LogP contribution < -0.4 is 5.32 Å². The van der Waals surface area contributed by atoms with E-state index in [9.17, 15) is 30.8 Å². The Bertz CT molecular complexity index is 956.